The van der Waals surface area contributed by atoms with E-state index in [4.69, 9.17) is 0 Å². The summed E-state index contributed by atoms with van der Waals surface area (Å²) in [6, 6.07) is 23.7. The summed E-state index contributed by atoms with van der Waals surface area (Å²) < 4.78 is 1.83. The van der Waals surface area contributed by atoms with Crippen LogP contribution in [-0.4, -0.2) is 49.9 Å². The van der Waals surface area contributed by atoms with E-state index in [0.29, 0.717) is 5.56 Å². The van der Waals surface area contributed by atoms with Crippen molar-refractivity contribution >= 4 is 28.7 Å². The average molecular weight is 547 g/mol. The molecule has 1 unspecified atom stereocenters. The Morgan fingerprint density at radius 1 is 1.02 bits per heavy atom. The Bertz CT molecular complexity index is 1590. The maximum Gasteiger partial charge on any atom is 0.254 e. The second-order valence-corrected chi connectivity index (χ2v) is 11.0. The fraction of sp³-hybridized carbons (Fsp3) is 0.265. The van der Waals surface area contributed by atoms with E-state index in [1.807, 2.05) is 94.1 Å². The third-order valence-corrected chi connectivity index (χ3v) is 8.14. The maximum atomic E-state index is 13.5. The molecular weight excluding hydrogens is 512 g/mol. The van der Waals surface area contributed by atoms with Crippen molar-refractivity contribution in [3.8, 4) is 17.5 Å². The predicted molar refractivity (Wildman–Crippen MR) is 166 cm³/mol. The molecule has 0 N–H and O–H groups in total. The molecule has 1 atom stereocenters. The van der Waals surface area contributed by atoms with Crippen LogP contribution in [0.25, 0.3) is 16.7 Å². The number of benzene rings is 3. The molecule has 40 heavy (non-hydrogen) atoms. The van der Waals surface area contributed by atoms with Gasteiger partial charge in [0.2, 0.25) is 0 Å². The van der Waals surface area contributed by atoms with Crippen LogP contribution in [-0.2, 0) is 0 Å². The van der Waals surface area contributed by atoms with Crippen molar-refractivity contribution in [2.75, 3.05) is 18.1 Å². The number of hydrogen-bond donors (Lipinski definition) is 0. The van der Waals surface area contributed by atoms with Crippen LogP contribution in [0, 0.1) is 11.8 Å². The van der Waals surface area contributed by atoms with Gasteiger partial charge in [0.05, 0.1) is 11.2 Å². The van der Waals surface area contributed by atoms with Crippen molar-refractivity contribution in [3.63, 3.8) is 0 Å². The third-order valence-electron chi connectivity index (χ3n) is 6.88. The zero-order valence-electron chi connectivity index (χ0n) is 23.1. The van der Waals surface area contributed by atoms with E-state index < -0.39 is 0 Å². The van der Waals surface area contributed by atoms with Gasteiger partial charge < -0.3 is 4.90 Å². The molecular formula is C34H34N4OS. The number of aromatic nitrogens is 3. The van der Waals surface area contributed by atoms with E-state index in [1.54, 1.807) is 0 Å². The van der Waals surface area contributed by atoms with Gasteiger partial charge in [-0.15, -0.1) is 5.10 Å². The largest absolute Gasteiger partial charge is 0.335 e. The summed E-state index contributed by atoms with van der Waals surface area (Å²) in [7, 11) is 0. The molecule has 1 aliphatic carbocycles. The highest BCUT2D eigenvalue weighted by Gasteiger charge is 2.21. The van der Waals surface area contributed by atoms with Gasteiger partial charge >= 0.3 is 0 Å². The number of allylic oxidation sites excluding steroid dienone is 3. The summed E-state index contributed by atoms with van der Waals surface area (Å²) >= 11 is 1.90. The second kappa shape index (κ2) is 13.3. The number of carbonyl (C=O) groups excluding carboxylic acids is 1. The minimum absolute atomic E-state index is 0.0692. The monoisotopic (exact) mass is 546 g/mol. The molecule has 1 heterocycles. The first-order valence-corrected chi connectivity index (χ1v) is 15.0. The first-order chi connectivity index (χ1) is 19.6. The van der Waals surface area contributed by atoms with Gasteiger partial charge in [0.15, 0.2) is 0 Å². The van der Waals surface area contributed by atoms with Gasteiger partial charge in [0.1, 0.15) is 5.52 Å². The van der Waals surface area contributed by atoms with Crippen LogP contribution in [0.2, 0.25) is 0 Å². The first-order valence-electron chi connectivity index (χ1n) is 13.9. The zero-order valence-corrected chi connectivity index (χ0v) is 23.9. The molecule has 5 nitrogen and oxygen atoms in total. The van der Waals surface area contributed by atoms with Gasteiger partial charge in [-0.1, -0.05) is 60.4 Å². The number of amides is 1. The molecule has 1 aliphatic rings. The minimum atomic E-state index is 0.0692. The highest BCUT2D eigenvalue weighted by Crippen LogP contribution is 2.20. The highest BCUT2D eigenvalue weighted by atomic mass is 32.2. The molecule has 5 rings (SSSR count). The van der Waals surface area contributed by atoms with Crippen molar-refractivity contribution in [2.24, 2.45) is 0 Å². The summed E-state index contributed by atoms with van der Waals surface area (Å²) in [5, 5.41) is 8.51. The molecule has 1 amide bonds. The SMILES string of the molecule is CCCN(C(=O)c1cccc(C#Cc2ccc(-n3nnc4ccccc43)cc2)c1)C(C)CSCC1=CCCC=C1. The minimum Gasteiger partial charge on any atom is -0.335 e. The zero-order chi connectivity index (χ0) is 27.7. The number of thioether (sulfide) groups is 1. The van der Waals surface area contributed by atoms with Crippen LogP contribution in [0.4, 0.5) is 0 Å². The standard InChI is InChI=1S/C34H34N4OS/c1-3-22-37(26(2)24-40-25-29-10-5-4-6-11-29)34(39)30-13-9-12-28(23-30)17-16-27-18-20-31(21-19-27)38-33-15-8-7-14-32(33)35-36-38/h5,7-15,18-21,23,26H,3-4,6,22,24-25H2,1-2H3. The molecule has 202 valence electrons. The molecule has 0 bridgehead atoms. The lowest BCUT2D eigenvalue weighted by Crippen LogP contribution is -2.40. The average Bonchev–Trinajstić information content (AvgIpc) is 3.44. The smallest absolute Gasteiger partial charge is 0.254 e. The Hall–Kier alpha value is -4.08. The van der Waals surface area contributed by atoms with Crippen LogP contribution >= 0.6 is 11.8 Å². The Kier molecular flexibility index (Phi) is 9.15. The van der Waals surface area contributed by atoms with Gasteiger partial charge in [-0.25, -0.2) is 4.68 Å². The predicted octanol–water partition coefficient (Wildman–Crippen LogP) is 7.07. The number of hydrogen-bond acceptors (Lipinski definition) is 4. The number of rotatable bonds is 9. The van der Waals surface area contributed by atoms with E-state index in [9.17, 15) is 4.79 Å². The van der Waals surface area contributed by atoms with Crippen LogP contribution in [0.5, 0.6) is 0 Å². The van der Waals surface area contributed by atoms with Crippen molar-refractivity contribution < 1.29 is 4.79 Å². The van der Waals surface area contributed by atoms with Crippen LogP contribution in [0.3, 0.4) is 0 Å². The summed E-state index contributed by atoms with van der Waals surface area (Å²) in [4.78, 5) is 15.6. The number of fused-ring (bicyclic) bond motifs is 1. The Labute approximate surface area is 241 Å². The van der Waals surface area contributed by atoms with Crippen molar-refractivity contribution in [2.45, 2.75) is 39.2 Å². The molecule has 0 radical (unpaired) electrons. The fourth-order valence-electron chi connectivity index (χ4n) is 4.76. The lowest BCUT2D eigenvalue weighted by molar-refractivity contribution is 0.0709. The van der Waals surface area contributed by atoms with Gasteiger partial charge in [0.25, 0.3) is 5.91 Å². The molecule has 0 fully saturated rings. The summed E-state index contributed by atoms with van der Waals surface area (Å²) in [5.74, 6) is 8.46. The van der Waals surface area contributed by atoms with Gasteiger partial charge in [-0.05, 0) is 86.4 Å². The molecule has 4 aromatic rings. The normalized spacial score (nSPS) is 13.4. The Morgan fingerprint density at radius 2 is 1.85 bits per heavy atom. The topological polar surface area (TPSA) is 51.0 Å². The first kappa shape index (κ1) is 27.5. The Morgan fingerprint density at radius 3 is 2.65 bits per heavy atom. The summed E-state index contributed by atoms with van der Waals surface area (Å²) in [5.41, 5.74) is 6.56. The Balaban J connectivity index is 1.25. The number of nitrogens with zero attached hydrogens (tertiary/aromatic N) is 4. The molecule has 0 saturated heterocycles. The fourth-order valence-corrected chi connectivity index (χ4v) is 5.85. The van der Waals surface area contributed by atoms with Crippen molar-refractivity contribution in [1.29, 1.82) is 0 Å². The van der Waals surface area contributed by atoms with Crippen LogP contribution < -0.4 is 0 Å². The van der Waals surface area contributed by atoms with Crippen LogP contribution in [0.15, 0.2) is 96.6 Å². The summed E-state index contributed by atoms with van der Waals surface area (Å²) in [6.07, 6.45) is 10.0. The molecule has 1 aromatic heterocycles. The number of carbonyl (C=O) groups is 1. The third kappa shape index (κ3) is 6.73. The molecule has 0 saturated carbocycles. The second-order valence-electron chi connectivity index (χ2n) is 9.99. The van der Waals surface area contributed by atoms with E-state index in [2.05, 4.69) is 54.2 Å². The van der Waals surface area contributed by atoms with Crippen molar-refractivity contribution in [3.05, 3.63) is 113 Å². The highest BCUT2D eigenvalue weighted by molar-refractivity contribution is 7.99. The van der Waals surface area contributed by atoms with Gasteiger partial charge in [-0.3, -0.25) is 4.79 Å². The number of para-hydroxylation sites is 1. The van der Waals surface area contributed by atoms with Gasteiger partial charge in [0, 0.05) is 40.8 Å². The summed E-state index contributed by atoms with van der Waals surface area (Å²) in [6.45, 7) is 5.02. The van der Waals surface area contributed by atoms with Gasteiger partial charge in [-0.2, -0.15) is 11.8 Å². The molecule has 0 spiro atoms. The van der Waals surface area contributed by atoms with E-state index >= 15 is 0 Å². The van der Waals surface area contributed by atoms with E-state index in [0.717, 1.165) is 65.2 Å². The van der Waals surface area contributed by atoms with E-state index in [-0.39, 0.29) is 11.9 Å². The van der Waals surface area contributed by atoms with Crippen LogP contribution in [0.1, 0.15) is 54.6 Å². The lowest BCUT2D eigenvalue weighted by atomic mass is 10.1. The maximum absolute atomic E-state index is 13.5. The molecule has 3 aromatic carbocycles. The molecule has 6 heteroatoms. The van der Waals surface area contributed by atoms with E-state index in [1.165, 1.54) is 5.57 Å². The lowest BCUT2D eigenvalue weighted by Gasteiger charge is -2.29. The quantitative estimate of drug-likeness (QED) is 0.211. The van der Waals surface area contributed by atoms with Crippen molar-refractivity contribution in [1.82, 2.24) is 19.9 Å². The molecule has 0 aliphatic heterocycles.